The third-order valence-corrected chi connectivity index (χ3v) is 3.97. The number of halogens is 1. The van der Waals surface area contributed by atoms with Gasteiger partial charge >= 0.3 is 6.09 Å². The van der Waals surface area contributed by atoms with E-state index in [-0.39, 0.29) is 24.8 Å². The molecule has 1 rings (SSSR count). The topological polar surface area (TPSA) is 131 Å². The number of nitrogens with one attached hydrogen (secondary N) is 2. The largest absolute Gasteiger partial charge is 0.444 e. The van der Waals surface area contributed by atoms with E-state index in [1.54, 1.807) is 20.8 Å². The Morgan fingerprint density at radius 3 is 2.50 bits per heavy atom. The average molecular weight is 391 g/mol. The van der Waals surface area contributed by atoms with Crippen molar-refractivity contribution in [1.29, 1.82) is 0 Å². The highest BCUT2D eigenvalue weighted by atomic mass is 35.5. The minimum Gasteiger partial charge on any atom is -0.444 e. The number of likely N-dealkylation sites (tertiary alicyclic amines) is 1. The lowest BCUT2D eigenvalue weighted by molar-refractivity contribution is -0.139. The zero-order valence-electron chi connectivity index (χ0n) is 15.3. The predicted molar refractivity (Wildman–Crippen MR) is 95.4 cm³/mol. The molecule has 4 amide bonds. The van der Waals surface area contributed by atoms with Crippen molar-refractivity contribution < 1.29 is 23.9 Å². The normalized spacial score (nSPS) is 18.2. The predicted octanol–water partition coefficient (Wildman–Crippen LogP) is 0.101. The van der Waals surface area contributed by atoms with Gasteiger partial charge in [-0.25, -0.2) is 4.79 Å². The van der Waals surface area contributed by atoms with Crippen molar-refractivity contribution in [3.63, 3.8) is 0 Å². The Bertz CT molecular complexity index is 549. The second-order valence-electron chi connectivity index (χ2n) is 7.06. The van der Waals surface area contributed by atoms with Gasteiger partial charge in [0, 0.05) is 13.1 Å². The fourth-order valence-electron chi connectivity index (χ4n) is 2.64. The van der Waals surface area contributed by atoms with Crippen LogP contribution in [0.2, 0.25) is 0 Å². The van der Waals surface area contributed by atoms with Gasteiger partial charge in [-0.15, -0.1) is 11.6 Å². The van der Waals surface area contributed by atoms with E-state index in [0.717, 1.165) is 0 Å². The van der Waals surface area contributed by atoms with Gasteiger partial charge in [-0.05, 0) is 40.0 Å². The zero-order valence-corrected chi connectivity index (χ0v) is 16.1. The van der Waals surface area contributed by atoms with Gasteiger partial charge in [-0.3, -0.25) is 14.4 Å². The molecule has 0 unspecified atom stereocenters. The number of alkyl halides is 1. The minimum absolute atomic E-state index is 0.128. The highest BCUT2D eigenvalue weighted by molar-refractivity contribution is 6.27. The van der Waals surface area contributed by atoms with Gasteiger partial charge in [0.05, 0.1) is 0 Å². The van der Waals surface area contributed by atoms with E-state index < -0.39 is 35.6 Å². The minimum atomic E-state index is -0.958. The Morgan fingerprint density at radius 1 is 1.31 bits per heavy atom. The molecule has 10 heteroatoms. The van der Waals surface area contributed by atoms with Crippen LogP contribution >= 0.6 is 11.6 Å². The molecule has 0 radical (unpaired) electrons. The van der Waals surface area contributed by atoms with Crippen LogP contribution in [0.3, 0.4) is 0 Å². The van der Waals surface area contributed by atoms with Crippen LogP contribution in [0.1, 0.15) is 40.0 Å². The van der Waals surface area contributed by atoms with Crippen molar-refractivity contribution in [2.45, 2.75) is 57.7 Å². The van der Waals surface area contributed by atoms with Gasteiger partial charge in [-0.1, -0.05) is 0 Å². The maximum atomic E-state index is 12.8. The molecule has 0 saturated carbocycles. The summed E-state index contributed by atoms with van der Waals surface area (Å²) in [6, 6.07) is -1.65. The summed E-state index contributed by atoms with van der Waals surface area (Å²) in [5.74, 6) is -1.60. The maximum Gasteiger partial charge on any atom is 0.408 e. The number of carbonyl (C=O) groups excluding carboxylic acids is 4. The highest BCUT2D eigenvalue weighted by Gasteiger charge is 2.37. The molecule has 0 bridgehead atoms. The Hall–Kier alpha value is -2.03. The Morgan fingerprint density at radius 2 is 1.96 bits per heavy atom. The fourth-order valence-corrected chi connectivity index (χ4v) is 2.73. The van der Waals surface area contributed by atoms with E-state index in [1.807, 2.05) is 0 Å². The van der Waals surface area contributed by atoms with Gasteiger partial charge in [0.15, 0.2) is 0 Å². The molecule has 0 aromatic rings. The fraction of sp³-hybridized carbons (Fsp3) is 0.750. The quantitative estimate of drug-likeness (QED) is 0.530. The molecule has 1 heterocycles. The summed E-state index contributed by atoms with van der Waals surface area (Å²) < 4.78 is 5.18. The molecule has 0 aliphatic carbocycles. The van der Waals surface area contributed by atoms with Crippen LogP contribution in [0, 0.1) is 0 Å². The molecule has 1 aliphatic rings. The first-order valence-electron chi connectivity index (χ1n) is 8.47. The number of primary amides is 1. The summed E-state index contributed by atoms with van der Waals surface area (Å²) >= 11 is 5.42. The van der Waals surface area contributed by atoms with Crippen LogP contribution in [-0.4, -0.2) is 65.4 Å². The molecule has 0 spiro atoms. The second kappa shape index (κ2) is 9.61. The van der Waals surface area contributed by atoms with E-state index in [4.69, 9.17) is 22.1 Å². The van der Waals surface area contributed by atoms with Crippen molar-refractivity contribution in [2.75, 3.05) is 19.0 Å². The van der Waals surface area contributed by atoms with Crippen LogP contribution in [0.15, 0.2) is 0 Å². The van der Waals surface area contributed by atoms with Gasteiger partial charge < -0.3 is 26.0 Å². The number of hydrogen-bond donors (Lipinski definition) is 3. The van der Waals surface area contributed by atoms with Crippen molar-refractivity contribution in [2.24, 2.45) is 5.73 Å². The number of ether oxygens (including phenoxy) is 1. The molecule has 26 heavy (non-hydrogen) atoms. The number of nitrogens with zero attached hydrogens (tertiary/aromatic N) is 1. The standard InChI is InChI=1S/C16H27ClN4O5/c1-16(2,3)26-15(25)20-10(6-7-19-12(22)9-17)14(24)21-8-4-5-11(21)13(18)23/h10-11H,4-9H2,1-3H3,(H2,18,23)(H,19,22)(H,20,25)/t10-,11-/m0/s1. The second-order valence-corrected chi connectivity index (χ2v) is 7.33. The third kappa shape index (κ3) is 7.07. The summed E-state index contributed by atoms with van der Waals surface area (Å²) in [4.78, 5) is 49.0. The highest BCUT2D eigenvalue weighted by Crippen LogP contribution is 2.19. The van der Waals surface area contributed by atoms with Crippen LogP contribution in [-0.2, 0) is 19.1 Å². The lowest BCUT2D eigenvalue weighted by Crippen LogP contribution is -2.54. The first kappa shape index (κ1) is 22.0. The van der Waals surface area contributed by atoms with E-state index in [1.165, 1.54) is 4.90 Å². The summed E-state index contributed by atoms with van der Waals surface area (Å²) in [6.45, 7) is 5.62. The molecule has 1 aliphatic heterocycles. The van der Waals surface area contributed by atoms with Gasteiger partial charge in [0.1, 0.15) is 23.6 Å². The van der Waals surface area contributed by atoms with Gasteiger partial charge in [-0.2, -0.15) is 0 Å². The number of nitrogens with two attached hydrogens (primary N) is 1. The van der Waals surface area contributed by atoms with Gasteiger partial charge in [0.25, 0.3) is 0 Å². The molecule has 148 valence electrons. The molecular formula is C16H27ClN4O5. The summed E-state index contributed by atoms with van der Waals surface area (Å²) in [6.07, 6.45) is 0.516. The SMILES string of the molecule is CC(C)(C)OC(=O)N[C@@H](CCNC(=O)CCl)C(=O)N1CCC[C@H]1C(N)=O. The van der Waals surface area contributed by atoms with E-state index in [9.17, 15) is 19.2 Å². The van der Waals surface area contributed by atoms with Crippen molar-refractivity contribution >= 4 is 35.4 Å². The molecule has 0 aromatic heterocycles. The number of carbonyl (C=O) groups is 4. The number of alkyl carbamates (subject to hydrolysis) is 1. The van der Waals surface area contributed by atoms with Crippen molar-refractivity contribution in [3.05, 3.63) is 0 Å². The lowest BCUT2D eigenvalue weighted by atomic mass is 10.1. The van der Waals surface area contributed by atoms with Crippen LogP contribution in [0.4, 0.5) is 4.79 Å². The van der Waals surface area contributed by atoms with Crippen LogP contribution in [0.25, 0.3) is 0 Å². The van der Waals surface area contributed by atoms with E-state index >= 15 is 0 Å². The first-order valence-corrected chi connectivity index (χ1v) is 9.00. The molecule has 1 fully saturated rings. The average Bonchev–Trinajstić information content (AvgIpc) is 3.01. The molecule has 1 saturated heterocycles. The summed E-state index contributed by atoms with van der Waals surface area (Å²) in [7, 11) is 0. The first-order chi connectivity index (χ1) is 12.0. The molecule has 2 atom stereocenters. The Labute approximate surface area is 157 Å². The number of amides is 4. The number of rotatable bonds is 7. The van der Waals surface area contributed by atoms with Crippen LogP contribution in [0.5, 0.6) is 0 Å². The van der Waals surface area contributed by atoms with E-state index in [2.05, 4.69) is 10.6 Å². The third-order valence-electron chi connectivity index (χ3n) is 3.73. The summed E-state index contributed by atoms with van der Waals surface area (Å²) in [5.41, 5.74) is 4.62. The van der Waals surface area contributed by atoms with Crippen molar-refractivity contribution in [3.8, 4) is 0 Å². The Balaban J connectivity index is 2.81. The van der Waals surface area contributed by atoms with Gasteiger partial charge in [0.2, 0.25) is 17.7 Å². The summed E-state index contributed by atoms with van der Waals surface area (Å²) in [5, 5.41) is 5.05. The van der Waals surface area contributed by atoms with Crippen LogP contribution < -0.4 is 16.4 Å². The smallest absolute Gasteiger partial charge is 0.408 e. The lowest BCUT2D eigenvalue weighted by Gasteiger charge is -2.28. The molecule has 0 aromatic carbocycles. The number of hydrogen-bond acceptors (Lipinski definition) is 5. The monoisotopic (exact) mass is 390 g/mol. The van der Waals surface area contributed by atoms with Crippen molar-refractivity contribution in [1.82, 2.24) is 15.5 Å². The maximum absolute atomic E-state index is 12.8. The Kier molecular flexibility index (Phi) is 8.13. The molecule has 4 N–H and O–H groups in total. The van der Waals surface area contributed by atoms with E-state index in [0.29, 0.717) is 19.4 Å². The zero-order chi connectivity index (χ0) is 19.9. The molecular weight excluding hydrogens is 364 g/mol. The molecule has 9 nitrogen and oxygen atoms in total.